The molecule has 84 valence electrons. The molecule has 1 aromatic carbocycles. The van der Waals surface area contributed by atoms with Crippen LogP contribution in [0, 0.1) is 6.92 Å². The van der Waals surface area contributed by atoms with Crippen LogP contribution >= 0.6 is 0 Å². The van der Waals surface area contributed by atoms with E-state index < -0.39 is 0 Å². The van der Waals surface area contributed by atoms with Gasteiger partial charge in [0, 0.05) is 18.1 Å². The van der Waals surface area contributed by atoms with Crippen molar-refractivity contribution in [1.82, 2.24) is 5.32 Å². The molecular weight excluding hydrogens is 184 g/mol. The molecule has 0 bridgehead atoms. The first-order chi connectivity index (χ1) is 6.92. The van der Waals surface area contributed by atoms with Gasteiger partial charge in [0.05, 0.1) is 0 Å². The van der Waals surface area contributed by atoms with Crippen LogP contribution in [-0.2, 0) is 0 Å². The minimum Gasteiger partial charge on any atom is -0.329 e. The van der Waals surface area contributed by atoms with E-state index in [1.54, 1.807) is 0 Å². The van der Waals surface area contributed by atoms with Gasteiger partial charge in [-0.2, -0.15) is 0 Å². The Morgan fingerprint density at radius 2 is 1.73 bits per heavy atom. The van der Waals surface area contributed by atoms with Crippen molar-refractivity contribution in [1.29, 1.82) is 0 Å². The molecular formula is C13H22N2. The van der Waals surface area contributed by atoms with Crippen molar-refractivity contribution >= 4 is 0 Å². The van der Waals surface area contributed by atoms with E-state index in [1.165, 1.54) is 11.1 Å². The van der Waals surface area contributed by atoms with Crippen LogP contribution < -0.4 is 11.1 Å². The molecule has 1 atom stereocenters. The van der Waals surface area contributed by atoms with Gasteiger partial charge in [-0.05, 0) is 33.3 Å². The molecule has 0 heterocycles. The Hall–Kier alpha value is -0.860. The third-order valence-electron chi connectivity index (χ3n) is 2.32. The van der Waals surface area contributed by atoms with Gasteiger partial charge in [0.2, 0.25) is 0 Å². The molecule has 0 aliphatic carbocycles. The largest absolute Gasteiger partial charge is 0.329 e. The summed E-state index contributed by atoms with van der Waals surface area (Å²) in [4.78, 5) is 0. The van der Waals surface area contributed by atoms with Crippen molar-refractivity contribution in [3.8, 4) is 0 Å². The van der Waals surface area contributed by atoms with Crippen molar-refractivity contribution in [2.24, 2.45) is 5.73 Å². The van der Waals surface area contributed by atoms with Gasteiger partial charge in [-0.25, -0.2) is 0 Å². The quantitative estimate of drug-likeness (QED) is 0.797. The van der Waals surface area contributed by atoms with E-state index in [1.807, 2.05) is 0 Å². The average molecular weight is 206 g/mol. The highest BCUT2D eigenvalue weighted by molar-refractivity contribution is 5.24. The molecule has 2 nitrogen and oxygen atoms in total. The Kier molecular flexibility index (Phi) is 3.89. The Labute approximate surface area is 92.9 Å². The molecule has 0 fully saturated rings. The summed E-state index contributed by atoms with van der Waals surface area (Å²) in [5, 5.41) is 3.52. The van der Waals surface area contributed by atoms with Gasteiger partial charge in [0.25, 0.3) is 0 Å². The van der Waals surface area contributed by atoms with Gasteiger partial charge in [-0.15, -0.1) is 0 Å². The summed E-state index contributed by atoms with van der Waals surface area (Å²) < 4.78 is 0. The van der Waals surface area contributed by atoms with E-state index in [0.717, 1.165) is 0 Å². The number of rotatable bonds is 3. The van der Waals surface area contributed by atoms with Crippen LogP contribution in [0.2, 0.25) is 0 Å². The molecule has 2 heteroatoms. The van der Waals surface area contributed by atoms with E-state index >= 15 is 0 Å². The fourth-order valence-corrected chi connectivity index (χ4v) is 1.60. The highest BCUT2D eigenvalue weighted by Crippen LogP contribution is 2.16. The molecule has 0 amide bonds. The summed E-state index contributed by atoms with van der Waals surface area (Å²) in [5.41, 5.74) is 8.42. The van der Waals surface area contributed by atoms with Crippen molar-refractivity contribution in [3.05, 3.63) is 35.4 Å². The van der Waals surface area contributed by atoms with E-state index in [9.17, 15) is 0 Å². The maximum absolute atomic E-state index is 5.79. The van der Waals surface area contributed by atoms with E-state index in [-0.39, 0.29) is 11.6 Å². The first-order valence-electron chi connectivity index (χ1n) is 5.47. The fourth-order valence-electron chi connectivity index (χ4n) is 1.60. The first kappa shape index (κ1) is 12.2. The second-order valence-corrected chi connectivity index (χ2v) is 5.09. The lowest BCUT2D eigenvalue weighted by atomic mass is 10.0. The summed E-state index contributed by atoms with van der Waals surface area (Å²) in [7, 11) is 0. The van der Waals surface area contributed by atoms with Crippen LogP contribution in [-0.4, -0.2) is 12.1 Å². The number of hydrogen-bond donors (Lipinski definition) is 2. The molecule has 0 aromatic heterocycles. The molecule has 0 aliphatic heterocycles. The molecule has 15 heavy (non-hydrogen) atoms. The molecule has 0 spiro atoms. The number of aryl methyl sites for hydroxylation is 1. The highest BCUT2D eigenvalue weighted by Gasteiger charge is 2.17. The molecule has 1 rings (SSSR count). The second-order valence-electron chi connectivity index (χ2n) is 5.09. The SMILES string of the molecule is Cc1ccc(C(CN)NC(C)(C)C)cc1. The van der Waals surface area contributed by atoms with Gasteiger partial charge in [0.1, 0.15) is 0 Å². The predicted molar refractivity (Wildman–Crippen MR) is 65.9 cm³/mol. The lowest BCUT2D eigenvalue weighted by molar-refractivity contribution is 0.367. The molecule has 1 unspecified atom stereocenters. The Balaban J connectivity index is 2.79. The molecule has 0 aliphatic rings. The predicted octanol–water partition coefficient (Wildman–Crippen LogP) is 2.38. The smallest absolute Gasteiger partial charge is 0.0448 e. The van der Waals surface area contributed by atoms with Crippen molar-refractivity contribution in [2.45, 2.75) is 39.3 Å². The van der Waals surface area contributed by atoms with Gasteiger partial charge in [-0.3, -0.25) is 0 Å². The van der Waals surface area contributed by atoms with Crippen LogP contribution in [0.25, 0.3) is 0 Å². The monoisotopic (exact) mass is 206 g/mol. The Morgan fingerprint density at radius 3 is 2.13 bits per heavy atom. The molecule has 0 radical (unpaired) electrons. The van der Waals surface area contributed by atoms with Crippen LogP contribution in [0.1, 0.15) is 37.9 Å². The van der Waals surface area contributed by atoms with Crippen molar-refractivity contribution in [3.63, 3.8) is 0 Å². The summed E-state index contributed by atoms with van der Waals surface area (Å²) >= 11 is 0. The Bertz CT molecular complexity index is 295. The first-order valence-corrected chi connectivity index (χ1v) is 5.47. The maximum atomic E-state index is 5.79. The van der Waals surface area contributed by atoms with Crippen LogP contribution in [0.3, 0.4) is 0 Å². The zero-order valence-electron chi connectivity index (χ0n) is 10.2. The summed E-state index contributed by atoms with van der Waals surface area (Å²) in [6, 6.07) is 8.78. The summed E-state index contributed by atoms with van der Waals surface area (Å²) in [6.45, 7) is 9.19. The molecule has 0 saturated carbocycles. The second kappa shape index (κ2) is 4.77. The zero-order valence-corrected chi connectivity index (χ0v) is 10.2. The number of nitrogens with one attached hydrogen (secondary N) is 1. The third kappa shape index (κ3) is 4.02. The zero-order chi connectivity index (χ0) is 11.5. The summed E-state index contributed by atoms with van der Waals surface area (Å²) in [5.74, 6) is 0. The third-order valence-corrected chi connectivity index (χ3v) is 2.32. The molecule has 0 saturated heterocycles. The van der Waals surface area contributed by atoms with E-state index in [4.69, 9.17) is 5.73 Å². The van der Waals surface area contributed by atoms with Crippen molar-refractivity contribution in [2.75, 3.05) is 6.54 Å². The normalized spacial score (nSPS) is 13.9. The van der Waals surface area contributed by atoms with Gasteiger partial charge in [0.15, 0.2) is 0 Å². The number of benzene rings is 1. The standard InChI is InChI=1S/C13H22N2/c1-10-5-7-11(8-6-10)12(9-14)15-13(2,3)4/h5-8,12,15H,9,14H2,1-4H3. The number of nitrogens with two attached hydrogens (primary N) is 1. The van der Waals surface area contributed by atoms with Gasteiger partial charge in [-0.1, -0.05) is 29.8 Å². The van der Waals surface area contributed by atoms with Crippen LogP contribution in [0.15, 0.2) is 24.3 Å². The van der Waals surface area contributed by atoms with Gasteiger partial charge < -0.3 is 11.1 Å². The van der Waals surface area contributed by atoms with Crippen LogP contribution in [0.5, 0.6) is 0 Å². The average Bonchev–Trinajstić information content (AvgIpc) is 2.14. The highest BCUT2D eigenvalue weighted by atomic mass is 15.0. The minimum absolute atomic E-state index is 0.0922. The fraction of sp³-hybridized carbons (Fsp3) is 0.538. The lowest BCUT2D eigenvalue weighted by Gasteiger charge is -2.28. The lowest BCUT2D eigenvalue weighted by Crippen LogP contribution is -2.41. The van der Waals surface area contributed by atoms with Crippen LogP contribution in [0.4, 0.5) is 0 Å². The van der Waals surface area contributed by atoms with Gasteiger partial charge >= 0.3 is 0 Å². The molecule has 1 aromatic rings. The minimum atomic E-state index is 0.0922. The number of hydrogen-bond acceptors (Lipinski definition) is 2. The maximum Gasteiger partial charge on any atom is 0.0448 e. The van der Waals surface area contributed by atoms with E-state index in [0.29, 0.717) is 6.54 Å². The topological polar surface area (TPSA) is 38.0 Å². The summed E-state index contributed by atoms with van der Waals surface area (Å²) in [6.07, 6.45) is 0. The Morgan fingerprint density at radius 1 is 1.20 bits per heavy atom. The van der Waals surface area contributed by atoms with Crippen molar-refractivity contribution < 1.29 is 0 Å². The molecule has 3 N–H and O–H groups in total. The van der Waals surface area contributed by atoms with E-state index in [2.05, 4.69) is 57.3 Å².